The average molecular weight is 417 g/mol. The minimum atomic E-state index is -1.12. The van der Waals surface area contributed by atoms with Crippen molar-refractivity contribution in [1.29, 1.82) is 0 Å². The van der Waals surface area contributed by atoms with Gasteiger partial charge in [0.15, 0.2) is 0 Å². The van der Waals surface area contributed by atoms with E-state index in [1.165, 1.54) is 11.0 Å². The van der Waals surface area contributed by atoms with Crippen LogP contribution in [0.25, 0.3) is 0 Å². The fourth-order valence-corrected chi connectivity index (χ4v) is 6.73. The van der Waals surface area contributed by atoms with Crippen LogP contribution in [-0.2, 0) is 4.79 Å². The molecule has 30 heavy (non-hydrogen) atoms. The predicted molar refractivity (Wildman–Crippen MR) is 103 cm³/mol. The number of alkyl halides is 1. The van der Waals surface area contributed by atoms with Crippen LogP contribution < -0.4 is 4.74 Å². The topological polar surface area (TPSA) is 66.8 Å². The number of carbonyl (C=O) groups excluding carboxylic acids is 1. The molecule has 1 aliphatic heterocycles. The number of hydrogen-bond donors (Lipinski definition) is 1. The highest BCUT2D eigenvalue weighted by molar-refractivity contribution is 5.97. The molecule has 1 N–H and O–H groups in total. The highest BCUT2D eigenvalue weighted by atomic mass is 19.1. The number of hydrogen-bond acceptors (Lipinski definition) is 3. The van der Waals surface area contributed by atoms with Gasteiger partial charge in [-0.1, -0.05) is 0 Å². The number of carboxylic acid groups (broad SMARTS) is 1. The molecule has 0 aromatic heterocycles. The molecule has 6 aliphatic rings. The quantitative estimate of drug-likeness (QED) is 0.789. The number of rotatable bonds is 5. The molecule has 1 saturated heterocycles. The molecule has 0 spiro atoms. The lowest BCUT2D eigenvalue weighted by Gasteiger charge is -2.27. The Morgan fingerprint density at radius 2 is 2.00 bits per heavy atom. The van der Waals surface area contributed by atoms with Crippen molar-refractivity contribution in [2.24, 2.45) is 17.8 Å². The molecule has 7 rings (SSSR count). The number of aliphatic carboxylic acids is 1. The number of benzene rings is 1. The van der Waals surface area contributed by atoms with Crippen molar-refractivity contribution in [2.75, 3.05) is 6.54 Å². The van der Waals surface area contributed by atoms with Gasteiger partial charge >= 0.3 is 5.97 Å². The molecule has 1 aromatic carbocycles. The second-order valence-corrected chi connectivity index (χ2v) is 9.93. The van der Waals surface area contributed by atoms with E-state index >= 15 is 8.78 Å². The Hall–Kier alpha value is -2.18. The van der Waals surface area contributed by atoms with E-state index < -0.39 is 29.4 Å². The number of ether oxygens (including phenoxy) is 1. The summed E-state index contributed by atoms with van der Waals surface area (Å²) in [7, 11) is 0. The van der Waals surface area contributed by atoms with Crippen LogP contribution in [0.1, 0.15) is 66.8 Å². The van der Waals surface area contributed by atoms with Crippen molar-refractivity contribution in [3.05, 3.63) is 29.1 Å². The highest BCUT2D eigenvalue weighted by Gasteiger charge is 2.70. The summed E-state index contributed by atoms with van der Waals surface area (Å²) in [6.45, 7) is 0.317. The van der Waals surface area contributed by atoms with Crippen LogP contribution >= 0.6 is 0 Å². The van der Waals surface area contributed by atoms with Crippen molar-refractivity contribution >= 4 is 11.9 Å². The molecule has 6 atom stereocenters. The number of nitrogens with zero attached hydrogens (tertiary/aromatic N) is 1. The number of carbonyl (C=O) groups is 2. The zero-order valence-electron chi connectivity index (χ0n) is 16.7. The molecule has 0 radical (unpaired) electrons. The van der Waals surface area contributed by atoms with E-state index in [0.717, 1.165) is 24.8 Å². The van der Waals surface area contributed by atoms with E-state index in [4.69, 9.17) is 4.74 Å². The third kappa shape index (κ3) is 2.56. The van der Waals surface area contributed by atoms with Gasteiger partial charge in [0.25, 0.3) is 5.91 Å². The van der Waals surface area contributed by atoms with Gasteiger partial charge in [0.2, 0.25) is 0 Å². The normalized spacial score (nSPS) is 38.6. The van der Waals surface area contributed by atoms with E-state index in [1.807, 2.05) is 0 Å². The van der Waals surface area contributed by atoms with Gasteiger partial charge in [-0.05, 0) is 68.4 Å². The number of likely N-dealkylation sites (tertiary alicyclic amines) is 1. The van der Waals surface area contributed by atoms with Gasteiger partial charge < -0.3 is 14.7 Å². The summed E-state index contributed by atoms with van der Waals surface area (Å²) in [5.41, 5.74) is -0.397. The van der Waals surface area contributed by atoms with Gasteiger partial charge in [-0.3, -0.25) is 4.79 Å². The first-order chi connectivity index (χ1) is 14.4. The van der Waals surface area contributed by atoms with Crippen LogP contribution in [0.15, 0.2) is 12.1 Å². The molecule has 3 unspecified atom stereocenters. The zero-order chi connectivity index (χ0) is 20.8. The Kier molecular flexibility index (Phi) is 3.82. The smallest absolute Gasteiger partial charge is 0.326 e. The van der Waals surface area contributed by atoms with Crippen LogP contribution in [0.4, 0.5) is 8.78 Å². The molecule has 7 heteroatoms. The van der Waals surface area contributed by atoms with Gasteiger partial charge in [0.05, 0.1) is 5.56 Å². The molecule has 1 heterocycles. The Bertz CT molecular complexity index is 947. The molecule has 160 valence electrons. The second kappa shape index (κ2) is 6.17. The zero-order valence-corrected chi connectivity index (χ0v) is 16.7. The lowest BCUT2D eigenvalue weighted by atomic mass is 9.95. The molecular formula is C23H25F2NO4. The Balaban J connectivity index is 1.30. The predicted octanol–water partition coefficient (Wildman–Crippen LogP) is 3.91. The summed E-state index contributed by atoms with van der Waals surface area (Å²) >= 11 is 0. The third-order valence-electron chi connectivity index (χ3n) is 8.23. The lowest BCUT2D eigenvalue weighted by molar-refractivity contribution is -0.141. The van der Waals surface area contributed by atoms with E-state index in [2.05, 4.69) is 0 Å². The molecule has 5 saturated carbocycles. The molecular weight excluding hydrogens is 392 g/mol. The summed E-state index contributed by atoms with van der Waals surface area (Å²) in [6, 6.07) is 1.94. The molecule has 6 fully saturated rings. The highest BCUT2D eigenvalue weighted by Crippen LogP contribution is 2.67. The van der Waals surface area contributed by atoms with E-state index in [0.29, 0.717) is 43.9 Å². The summed E-state index contributed by atoms with van der Waals surface area (Å²) < 4.78 is 36.3. The third-order valence-corrected chi connectivity index (χ3v) is 8.23. The summed E-state index contributed by atoms with van der Waals surface area (Å²) in [6.07, 6.45) is 4.72. The lowest BCUT2D eigenvalue weighted by Crippen LogP contribution is -2.40. The molecule has 1 aromatic rings. The van der Waals surface area contributed by atoms with Crippen LogP contribution in [0.2, 0.25) is 0 Å². The maximum Gasteiger partial charge on any atom is 0.326 e. The summed E-state index contributed by atoms with van der Waals surface area (Å²) in [4.78, 5) is 25.7. The first kappa shape index (κ1) is 18.6. The van der Waals surface area contributed by atoms with Crippen molar-refractivity contribution in [1.82, 2.24) is 4.90 Å². The largest absolute Gasteiger partial charge is 0.489 e. The van der Waals surface area contributed by atoms with Gasteiger partial charge in [0.1, 0.15) is 29.4 Å². The SMILES string of the molecule is O=C(O)[C@@H]1CCCN1C(=O)c1cc(C2CC2)c(O[C@@H]2C3C[C@]4(F)CC3CC24)cc1F. The number of halogens is 2. The van der Waals surface area contributed by atoms with Crippen molar-refractivity contribution in [2.45, 2.75) is 68.7 Å². The molecule has 1 amide bonds. The molecule has 5 aliphatic carbocycles. The van der Waals surface area contributed by atoms with Crippen LogP contribution in [0, 0.1) is 23.6 Å². The summed E-state index contributed by atoms with van der Waals surface area (Å²) in [5, 5.41) is 9.37. The average Bonchev–Trinajstić information content (AvgIpc) is 2.99. The van der Waals surface area contributed by atoms with Crippen LogP contribution in [-0.4, -0.2) is 46.2 Å². The minimum absolute atomic E-state index is 0.0865. The minimum Gasteiger partial charge on any atom is -0.489 e. The van der Waals surface area contributed by atoms with E-state index in [1.54, 1.807) is 6.07 Å². The first-order valence-corrected chi connectivity index (χ1v) is 11.1. The second-order valence-electron chi connectivity index (χ2n) is 9.93. The molecule has 4 bridgehead atoms. The fourth-order valence-electron chi connectivity index (χ4n) is 6.73. The standard InChI is InChI=1S/C23H25F2NO4/c24-17-8-19(30-20-15-10-23(25)9-12(15)6-16(20)23)13(11-3-4-11)7-14(17)21(27)26-5-1-2-18(26)22(28)29/h7-8,11-12,15-16,18,20H,1-6,9-10H2,(H,28,29)/t12?,15?,16?,18-,20+,23+/m0/s1. The fraction of sp³-hybridized carbons (Fsp3) is 0.652. The van der Waals surface area contributed by atoms with Crippen molar-refractivity contribution in [3.63, 3.8) is 0 Å². The van der Waals surface area contributed by atoms with Crippen LogP contribution in [0.3, 0.4) is 0 Å². The Labute approximate surface area is 173 Å². The maximum absolute atomic E-state index is 15.0. The van der Waals surface area contributed by atoms with E-state index in [-0.39, 0.29) is 29.4 Å². The molecule has 5 nitrogen and oxygen atoms in total. The van der Waals surface area contributed by atoms with Gasteiger partial charge in [-0.15, -0.1) is 0 Å². The van der Waals surface area contributed by atoms with E-state index in [9.17, 15) is 14.7 Å². The number of carboxylic acids is 1. The first-order valence-electron chi connectivity index (χ1n) is 11.1. The maximum atomic E-state index is 15.0. The van der Waals surface area contributed by atoms with Gasteiger partial charge in [-0.25, -0.2) is 13.6 Å². The monoisotopic (exact) mass is 417 g/mol. The number of amides is 1. The van der Waals surface area contributed by atoms with Gasteiger partial charge in [-0.2, -0.15) is 0 Å². The Morgan fingerprint density at radius 1 is 1.20 bits per heavy atom. The Morgan fingerprint density at radius 3 is 2.60 bits per heavy atom. The van der Waals surface area contributed by atoms with Crippen molar-refractivity contribution in [3.8, 4) is 5.75 Å². The van der Waals surface area contributed by atoms with Crippen molar-refractivity contribution < 1.29 is 28.2 Å². The van der Waals surface area contributed by atoms with Crippen LogP contribution in [0.5, 0.6) is 5.75 Å². The summed E-state index contributed by atoms with van der Waals surface area (Å²) in [5.74, 6) is -1.19. The van der Waals surface area contributed by atoms with Gasteiger partial charge in [0, 0.05) is 24.4 Å².